The molecule has 0 atom stereocenters. The molecule has 0 aromatic heterocycles. The monoisotopic (exact) mass is 654 g/mol. The van der Waals surface area contributed by atoms with E-state index in [2.05, 4.69) is 21.2 Å². The van der Waals surface area contributed by atoms with E-state index in [0.29, 0.717) is 42.3 Å². The maximum Gasteiger partial charge on any atom is 0.294 e. The van der Waals surface area contributed by atoms with Gasteiger partial charge >= 0.3 is 0 Å². The smallest absolute Gasteiger partial charge is 0.294 e. The van der Waals surface area contributed by atoms with E-state index in [-0.39, 0.29) is 11.5 Å². The number of imide groups is 1. The van der Waals surface area contributed by atoms with Crippen molar-refractivity contribution in [2.75, 3.05) is 19.0 Å². The molecule has 3 aromatic rings. The van der Waals surface area contributed by atoms with Crippen molar-refractivity contribution in [3.63, 3.8) is 0 Å². The summed E-state index contributed by atoms with van der Waals surface area (Å²) in [6.45, 7) is -0.229. The van der Waals surface area contributed by atoms with Crippen LogP contribution in [0.2, 0.25) is 15.1 Å². The third-order valence-corrected chi connectivity index (χ3v) is 7.93. The van der Waals surface area contributed by atoms with Gasteiger partial charge < -0.3 is 14.8 Å². The first-order valence-electron chi connectivity index (χ1n) is 10.9. The molecule has 0 saturated carbocycles. The summed E-state index contributed by atoms with van der Waals surface area (Å²) in [7, 11) is 1.49. The number of ether oxygens (including phenoxy) is 2. The van der Waals surface area contributed by atoms with Crippen molar-refractivity contribution in [1.82, 2.24) is 4.90 Å². The number of anilines is 1. The highest BCUT2D eigenvalue weighted by Gasteiger charge is 2.36. The summed E-state index contributed by atoms with van der Waals surface area (Å²) in [6.07, 6.45) is 1.55. The molecule has 1 saturated heterocycles. The number of nitrogens with one attached hydrogen (secondary N) is 1. The Kier molecular flexibility index (Phi) is 9.27. The number of carbonyl (C=O) groups is 3. The molecule has 4 rings (SSSR count). The Morgan fingerprint density at radius 3 is 2.50 bits per heavy atom. The molecule has 1 heterocycles. The average molecular weight is 657 g/mol. The summed E-state index contributed by atoms with van der Waals surface area (Å²) in [6, 6.07) is 15.2. The molecule has 12 heteroatoms. The quantitative estimate of drug-likeness (QED) is 0.251. The number of nitrogens with zero attached hydrogens (tertiary/aromatic N) is 1. The number of methoxy groups -OCH3 is 1. The molecular formula is C26H18BrCl3N2O5S. The Labute approximate surface area is 246 Å². The maximum atomic E-state index is 12.9. The van der Waals surface area contributed by atoms with Gasteiger partial charge in [0.15, 0.2) is 11.5 Å². The molecule has 0 unspecified atom stereocenters. The van der Waals surface area contributed by atoms with Gasteiger partial charge in [-0.1, -0.05) is 68.9 Å². The van der Waals surface area contributed by atoms with Gasteiger partial charge in [0.05, 0.1) is 32.8 Å². The number of hydrogen-bond acceptors (Lipinski definition) is 6. The van der Waals surface area contributed by atoms with Crippen LogP contribution in [0, 0.1) is 0 Å². The van der Waals surface area contributed by atoms with Crippen LogP contribution < -0.4 is 14.8 Å². The van der Waals surface area contributed by atoms with E-state index in [0.717, 1.165) is 22.2 Å². The fourth-order valence-electron chi connectivity index (χ4n) is 3.40. The molecule has 0 aliphatic carbocycles. The first kappa shape index (κ1) is 28.3. The third kappa shape index (κ3) is 6.65. The maximum absolute atomic E-state index is 12.9. The molecule has 0 bridgehead atoms. The zero-order valence-corrected chi connectivity index (χ0v) is 24.3. The van der Waals surface area contributed by atoms with E-state index in [9.17, 15) is 14.4 Å². The highest BCUT2D eigenvalue weighted by atomic mass is 79.9. The number of halogens is 4. The molecule has 3 amide bonds. The molecule has 38 heavy (non-hydrogen) atoms. The molecule has 1 N–H and O–H groups in total. The Morgan fingerprint density at radius 2 is 1.79 bits per heavy atom. The van der Waals surface area contributed by atoms with Gasteiger partial charge in [0, 0.05) is 4.47 Å². The van der Waals surface area contributed by atoms with Gasteiger partial charge in [-0.3, -0.25) is 19.3 Å². The zero-order valence-electron chi connectivity index (χ0n) is 19.6. The fraction of sp³-hybridized carbons (Fsp3) is 0.115. The molecule has 3 aromatic carbocycles. The number of amides is 3. The van der Waals surface area contributed by atoms with Gasteiger partial charge in [-0.05, 0) is 65.4 Å². The Hall–Kier alpha value is -2.69. The lowest BCUT2D eigenvalue weighted by atomic mass is 10.1. The molecule has 196 valence electrons. The predicted octanol–water partition coefficient (Wildman–Crippen LogP) is 7.67. The molecule has 1 fully saturated rings. The van der Waals surface area contributed by atoms with Crippen LogP contribution in [0.25, 0.3) is 6.08 Å². The van der Waals surface area contributed by atoms with Crippen molar-refractivity contribution >= 4 is 91.3 Å². The normalized spacial score (nSPS) is 14.2. The second-order valence-electron chi connectivity index (χ2n) is 7.86. The largest absolute Gasteiger partial charge is 0.493 e. The Morgan fingerprint density at radius 1 is 1.03 bits per heavy atom. The molecule has 0 radical (unpaired) electrons. The van der Waals surface area contributed by atoms with Gasteiger partial charge in [0.25, 0.3) is 11.1 Å². The summed E-state index contributed by atoms with van der Waals surface area (Å²) >= 11 is 22.3. The predicted molar refractivity (Wildman–Crippen MR) is 154 cm³/mol. The summed E-state index contributed by atoms with van der Waals surface area (Å²) in [4.78, 5) is 38.9. The molecular weight excluding hydrogens is 639 g/mol. The second kappa shape index (κ2) is 12.4. The van der Waals surface area contributed by atoms with E-state index in [4.69, 9.17) is 44.3 Å². The van der Waals surface area contributed by atoms with Crippen LogP contribution in [-0.2, 0) is 16.2 Å². The standard InChI is InChI=1S/C26H18BrCl3N2O5S/c1-36-21-9-15(16(27)11-22(21)37-13-14-6-7-17(28)19(30)8-14)10-23-25(34)32(26(35)38-23)12-24(33)31-20-5-3-2-4-18(20)29/h2-11H,12-13H2,1H3,(H,31,33)/b23-10+. The van der Waals surface area contributed by atoms with Crippen molar-refractivity contribution in [3.8, 4) is 11.5 Å². The molecule has 0 spiro atoms. The lowest BCUT2D eigenvalue weighted by Crippen LogP contribution is -2.36. The number of carbonyl (C=O) groups excluding carboxylic acids is 3. The minimum atomic E-state index is -0.583. The Balaban J connectivity index is 1.48. The van der Waals surface area contributed by atoms with Crippen LogP contribution in [-0.4, -0.2) is 35.6 Å². The second-order valence-corrected chi connectivity index (χ2v) is 10.9. The SMILES string of the molecule is COc1cc(/C=C2/SC(=O)N(CC(=O)Nc3ccccc3Cl)C2=O)c(Br)cc1OCc1ccc(Cl)c(Cl)c1. The lowest BCUT2D eigenvalue weighted by molar-refractivity contribution is -0.127. The van der Waals surface area contributed by atoms with Crippen molar-refractivity contribution < 1.29 is 23.9 Å². The van der Waals surface area contributed by atoms with E-state index >= 15 is 0 Å². The van der Waals surface area contributed by atoms with Crippen LogP contribution >= 0.6 is 62.5 Å². The van der Waals surface area contributed by atoms with Gasteiger partial charge in [-0.2, -0.15) is 0 Å². The first-order valence-corrected chi connectivity index (χ1v) is 13.6. The van der Waals surface area contributed by atoms with Gasteiger partial charge in [0.1, 0.15) is 13.2 Å². The third-order valence-electron chi connectivity index (χ3n) is 5.27. The summed E-state index contributed by atoms with van der Waals surface area (Å²) in [5, 5.41) is 3.27. The lowest BCUT2D eigenvalue weighted by Gasteiger charge is -2.14. The first-order chi connectivity index (χ1) is 18.2. The zero-order chi connectivity index (χ0) is 27.4. The number of benzene rings is 3. The highest BCUT2D eigenvalue weighted by Crippen LogP contribution is 2.38. The molecule has 7 nitrogen and oxygen atoms in total. The van der Waals surface area contributed by atoms with Crippen LogP contribution in [0.15, 0.2) is 64.0 Å². The highest BCUT2D eigenvalue weighted by molar-refractivity contribution is 9.10. The van der Waals surface area contributed by atoms with E-state index in [1.165, 1.54) is 7.11 Å². The summed E-state index contributed by atoms with van der Waals surface area (Å²) < 4.78 is 12.0. The topological polar surface area (TPSA) is 84.9 Å². The van der Waals surface area contributed by atoms with E-state index in [1.54, 1.807) is 60.7 Å². The number of para-hydroxylation sites is 1. The number of hydrogen-bond donors (Lipinski definition) is 1. The van der Waals surface area contributed by atoms with E-state index in [1.807, 2.05) is 0 Å². The van der Waals surface area contributed by atoms with Crippen molar-refractivity contribution in [2.45, 2.75) is 6.61 Å². The van der Waals surface area contributed by atoms with Crippen LogP contribution in [0.5, 0.6) is 11.5 Å². The minimum absolute atomic E-state index is 0.160. The van der Waals surface area contributed by atoms with Crippen LogP contribution in [0.1, 0.15) is 11.1 Å². The summed E-state index contributed by atoms with van der Waals surface area (Å²) in [5.41, 5.74) is 1.78. The van der Waals surface area contributed by atoms with Gasteiger partial charge in [-0.15, -0.1) is 0 Å². The van der Waals surface area contributed by atoms with E-state index < -0.39 is 23.6 Å². The van der Waals surface area contributed by atoms with Gasteiger partial charge in [-0.25, -0.2) is 0 Å². The minimum Gasteiger partial charge on any atom is -0.493 e. The van der Waals surface area contributed by atoms with Crippen LogP contribution in [0.3, 0.4) is 0 Å². The summed E-state index contributed by atoms with van der Waals surface area (Å²) in [5.74, 6) is -0.266. The average Bonchev–Trinajstić information content (AvgIpc) is 3.14. The van der Waals surface area contributed by atoms with Crippen LogP contribution in [0.4, 0.5) is 10.5 Å². The fourth-order valence-corrected chi connectivity index (χ4v) is 5.17. The molecule has 1 aliphatic heterocycles. The Bertz CT molecular complexity index is 1470. The number of rotatable bonds is 8. The number of thioether (sulfide) groups is 1. The van der Waals surface area contributed by atoms with Crippen molar-refractivity contribution in [2.24, 2.45) is 0 Å². The van der Waals surface area contributed by atoms with Crippen molar-refractivity contribution in [1.29, 1.82) is 0 Å². The van der Waals surface area contributed by atoms with Crippen molar-refractivity contribution in [3.05, 3.63) is 90.2 Å². The van der Waals surface area contributed by atoms with Gasteiger partial charge in [0.2, 0.25) is 5.91 Å². The molecule has 1 aliphatic rings.